The second-order valence-electron chi connectivity index (χ2n) is 8.24. The number of nitrogens with zero attached hydrogens (tertiary/aromatic N) is 1. The molecule has 3 rings (SSSR count). The van der Waals surface area contributed by atoms with Gasteiger partial charge in [0.05, 0.1) is 11.5 Å². The van der Waals surface area contributed by atoms with Gasteiger partial charge in [-0.25, -0.2) is 13.9 Å². The van der Waals surface area contributed by atoms with Crippen molar-refractivity contribution in [2.45, 2.75) is 61.5 Å². The van der Waals surface area contributed by atoms with Gasteiger partial charge in [-0.05, 0) is 74.4 Å². The third kappa shape index (κ3) is 5.90. The Balaban J connectivity index is 1.56. The molecule has 33 heavy (non-hydrogen) atoms. The highest BCUT2D eigenvalue weighted by Crippen LogP contribution is 2.35. The van der Waals surface area contributed by atoms with Crippen molar-refractivity contribution in [3.63, 3.8) is 0 Å². The van der Waals surface area contributed by atoms with Crippen molar-refractivity contribution >= 4 is 15.7 Å². The Morgan fingerprint density at radius 1 is 1.12 bits per heavy atom. The fourth-order valence-corrected chi connectivity index (χ4v) is 5.88. The van der Waals surface area contributed by atoms with Crippen LogP contribution in [0.15, 0.2) is 47.5 Å². The van der Waals surface area contributed by atoms with E-state index in [1.54, 1.807) is 12.1 Å². The minimum absolute atomic E-state index is 0.00888. The third-order valence-corrected chi connectivity index (χ3v) is 8.53. The van der Waals surface area contributed by atoms with Gasteiger partial charge in [0.2, 0.25) is 0 Å². The number of carbonyl (C=O) groups is 1. The predicted molar refractivity (Wildman–Crippen MR) is 123 cm³/mol. The summed E-state index contributed by atoms with van der Waals surface area (Å²) in [5.41, 5.74) is 3.79. The Kier molecular flexibility index (Phi) is 8.82. The number of nitrogens with one attached hydrogen (secondary N) is 1. The molecule has 1 aliphatic heterocycles. The third-order valence-electron chi connectivity index (χ3n) is 6.02. The quantitative estimate of drug-likeness (QED) is 0.291. The minimum atomic E-state index is -4.04. The van der Waals surface area contributed by atoms with E-state index in [0.717, 1.165) is 43.4 Å². The number of sulfone groups is 1. The number of benzene rings is 1. The maximum Gasteiger partial charge on any atom is 0.265 e. The van der Waals surface area contributed by atoms with Crippen molar-refractivity contribution in [1.82, 2.24) is 10.5 Å². The molecule has 1 saturated heterocycles. The van der Waals surface area contributed by atoms with Gasteiger partial charge >= 0.3 is 0 Å². The van der Waals surface area contributed by atoms with Crippen molar-refractivity contribution in [2.24, 2.45) is 0 Å². The standard InChI is InChI=1S/C24H32N2O6S/c1-2-3-6-20-8-7-19(18-25-20)5-4-15-32-21-9-11-22(12-10-21)33(29,30)24(23(27)26-28)13-16-31-17-14-24/h7-12,18,28H,2-6,13-17H2,1H3,(H,26,27). The first kappa shape index (κ1) is 25.1. The van der Waals surface area contributed by atoms with Crippen LogP contribution in [0.25, 0.3) is 0 Å². The van der Waals surface area contributed by atoms with E-state index in [1.165, 1.54) is 17.6 Å². The maximum atomic E-state index is 13.2. The zero-order chi connectivity index (χ0) is 23.7. The molecule has 1 amide bonds. The van der Waals surface area contributed by atoms with Crippen molar-refractivity contribution in [3.05, 3.63) is 53.9 Å². The number of rotatable bonds is 11. The van der Waals surface area contributed by atoms with Gasteiger partial charge in [-0.2, -0.15) is 0 Å². The van der Waals surface area contributed by atoms with Crippen LogP contribution in [0.2, 0.25) is 0 Å². The van der Waals surface area contributed by atoms with E-state index in [1.807, 2.05) is 6.20 Å². The monoisotopic (exact) mass is 476 g/mol. The molecular weight excluding hydrogens is 444 g/mol. The second kappa shape index (κ2) is 11.6. The molecule has 2 heterocycles. The van der Waals surface area contributed by atoms with E-state index in [2.05, 4.69) is 24.0 Å². The fraction of sp³-hybridized carbons (Fsp3) is 0.500. The number of hydrogen-bond donors (Lipinski definition) is 2. The molecule has 0 aliphatic carbocycles. The SMILES string of the molecule is CCCCc1ccc(CCCOc2ccc(S(=O)(=O)C3(C(=O)NO)CCOCC3)cc2)cn1. The van der Waals surface area contributed by atoms with E-state index in [4.69, 9.17) is 14.7 Å². The van der Waals surface area contributed by atoms with Crippen LogP contribution >= 0.6 is 0 Å². The molecule has 0 saturated carbocycles. The lowest BCUT2D eigenvalue weighted by atomic mass is 9.98. The van der Waals surface area contributed by atoms with E-state index in [0.29, 0.717) is 12.4 Å². The van der Waals surface area contributed by atoms with Crippen LogP contribution in [0.1, 0.15) is 50.3 Å². The number of hydroxylamine groups is 1. The first-order chi connectivity index (χ1) is 15.9. The number of aryl methyl sites for hydroxylation is 2. The van der Waals surface area contributed by atoms with Gasteiger partial charge < -0.3 is 9.47 Å². The number of carbonyl (C=O) groups excluding carboxylic acids is 1. The van der Waals surface area contributed by atoms with Crippen molar-refractivity contribution in [2.75, 3.05) is 19.8 Å². The number of amides is 1. The summed E-state index contributed by atoms with van der Waals surface area (Å²) in [4.78, 5) is 16.8. The molecule has 2 N–H and O–H groups in total. The van der Waals surface area contributed by atoms with Gasteiger partial charge in [-0.15, -0.1) is 0 Å². The number of unbranched alkanes of at least 4 members (excludes halogenated alkanes) is 1. The lowest BCUT2D eigenvalue weighted by Gasteiger charge is -2.34. The lowest BCUT2D eigenvalue weighted by molar-refractivity contribution is -0.134. The van der Waals surface area contributed by atoms with Crippen LogP contribution in [-0.4, -0.2) is 49.1 Å². The number of ether oxygens (including phenoxy) is 2. The highest BCUT2D eigenvalue weighted by molar-refractivity contribution is 7.93. The van der Waals surface area contributed by atoms with E-state index in [9.17, 15) is 13.2 Å². The van der Waals surface area contributed by atoms with Gasteiger partial charge in [-0.1, -0.05) is 19.4 Å². The summed E-state index contributed by atoms with van der Waals surface area (Å²) in [7, 11) is -4.04. The zero-order valence-corrected chi connectivity index (χ0v) is 19.8. The average molecular weight is 477 g/mol. The van der Waals surface area contributed by atoms with Gasteiger partial charge in [-0.3, -0.25) is 15.0 Å². The van der Waals surface area contributed by atoms with Gasteiger partial charge in [0.25, 0.3) is 5.91 Å². The number of pyridine rings is 1. The Labute approximate surface area is 195 Å². The van der Waals surface area contributed by atoms with Gasteiger partial charge in [0.15, 0.2) is 14.6 Å². The molecule has 0 radical (unpaired) electrons. The number of aromatic nitrogens is 1. The molecule has 0 bridgehead atoms. The smallest absolute Gasteiger partial charge is 0.265 e. The normalized spacial score (nSPS) is 15.7. The predicted octanol–water partition coefficient (Wildman–Crippen LogP) is 3.26. The molecule has 0 unspecified atom stereocenters. The first-order valence-corrected chi connectivity index (χ1v) is 12.8. The molecule has 180 valence electrons. The Hall–Kier alpha value is -2.49. The van der Waals surface area contributed by atoms with E-state index >= 15 is 0 Å². The van der Waals surface area contributed by atoms with Crippen LogP contribution in [0.5, 0.6) is 5.75 Å². The molecule has 9 heteroatoms. The molecule has 0 spiro atoms. The molecule has 1 fully saturated rings. The highest BCUT2D eigenvalue weighted by atomic mass is 32.2. The van der Waals surface area contributed by atoms with Crippen LogP contribution in [-0.2, 0) is 32.2 Å². The maximum absolute atomic E-state index is 13.2. The molecule has 1 aliphatic rings. The van der Waals surface area contributed by atoms with Crippen molar-refractivity contribution in [3.8, 4) is 5.75 Å². The van der Waals surface area contributed by atoms with Crippen molar-refractivity contribution in [1.29, 1.82) is 0 Å². The van der Waals surface area contributed by atoms with E-state index < -0.39 is 20.5 Å². The number of hydrogen-bond acceptors (Lipinski definition) is 7. The Morgan fingerprint density at radius 3 is 2.45 bits per heavy atom. The summed E-state index contributed by atoms with van der Waals surface area (Å²) in [5.74, 6) is -0.381. The summed E-state index contributed by atoms with van der Waals surface area (Å²) < 4.78 is 35.7. The van der Waals surface area contributed by atoms with Crippen LogP contribution < -0.4 is 10.2 Å². The zero-order valence-electron chi connectivity index (χ0n) is 19.0. The molecule has 2 aromatic rings. The van der Waals surface area contributed by atoms with Gasteiger partial charge in [0.1, 0.15) is 5.75 Å². The Bertz CT molecular complexity index is 1000. The Morgan fingerprint density at radius 2 is 1.85 bits per heavy atom. The summed E-state index contributed by atoms with van der Waals surface area (Å²) in [6.45, 7) is 2.91. The van der Waals surface area contributed by atoms with Gasteiger partial charge in [0, 0.05) is 25.1 Å². The molecule has 1 aromatic heterocycles. The van der Waals surface area contributed by atoms with Crippen LogP contribution in [0, 0.1) is 0 Å². The van der Waals surface area contributed by atoms with Crippen molar-refractivity contribution < 1.29 is 27.9 Å². The van der Waals surface area contributed by atoms with Crippen LogP contribution in [0.3, 0.4) is 0 Å². The highest BCUT2D eigenvalue weighted by Gasteiger charge is 2.52. The lowest BCUT2D eigenvalue weighted by Crippen LogP contribution is -2.54. The molecule has 0 atom stereocenters. The minimum Gasteiger partial charge on any atom is -0.494 e. The summed E-state index contributed by atoms with van der Waals surface area (Å²) in [6.07, 6.45) is 6.82. The molecule has 1 aromatic carbocycles. The first-order valence-electron chi connectivity index (χ1n) is 11.4. The second-order valence-corrected chi connectivity index (χ2v) is 10.5. The average Bonchev–Trinajstić information content (AvgIpc) is 2.86. The topological polar surface area (TPSA) is 115 Å². The summed E-state index contributed by atoms with van der Waals surface area (Å²) in [6, 6.07) is 10.2. The van der Waals surface area contributed by atoms with Crippen LogP contribution in [0.4, 0.5) is 0 Å². The fourth-order valence-electron chi connectivity index (χ4n) is 3.94. The largest absolute Gasteiger partial charge is 0.494 e. The molecular formula is C24H32N2O6S. The summed E-state index contributed by atoms with van der Waals surface area (Å²) in [5, 5.41) is 9.13. The summed E-state index contributed by atoms with van der Waals surface area (Å²) >= 11 is 0. The molecule has 8 nitrogen and oxygen atoms in total. The van der Waals surface area contributed by atoms with E-state index in [-0.39, 0.29) is 31.0 Å².